The van der Waals surface area contributed by atoms with Crippen molar-refractivity contribution in [1.82, 2.24) is 0 Å². The second-order valence-corrected chi connectivity index (χ2v) is 12.8. The zero-order valence-electron chi connectivity index (χ0n) is 22.2. The Bertz CT molecular complexity index is 1710. The molecule has 0 aliphatic heterocycles. The first-order valence-corrected chi connectivity index (χ1v) is 15.5. The number of nitrogens with zero attached hydrogens (tertiary/aromatic N) is 1. The lowest BCUT2D eigenvalue weighted by Gasteiger charge is -2.22. The van der Waals surface area contributed by atoms with Crippen molar-refractivity contribution in [2.75, 3.05) is 27.1 Å². The zero-order valence-corrected chi connectivity index (χ0v) is 23.8. The molecule has 0 atom stereocenters. The van der Waals surface area contributed by atoms with E-state index in [4.69, 9.17) is 4.74 Å². The van der Waals surface area contributed by atoms with Crippen LogP contribution in [0.25, 0.3) is 0 Å². The molecule has 4 aromatic rings. The van der Waals surface area contributed by atoms with Gasteiger partial charge in [-0.25, -0.2) is 16.8 Å². The average molecular weight is 580 g/mol. The molecule has 0 saturated heterocycles. The first-order chi connectivity index (χ1) is 18.9. The summed E-state index contributed by atoms with van der Waals surface area (Å²) < 4.78 is 60.0. The summed E-state index contributed by atoms with van der Waals surface area (Å²) in [6.07, 6.45) is 1.01. The van der Waals surface area contributed by atoms with Crippen molar-refractivity contribution in [3.63, 3.8) is 0 Å². The molecule has 0 bridgehead atoms. The van der Waals surface area contributed by atoms with Crippen molar-refractivity contribution < 1.29 is 26.4 Å². The average Bonchev–Trinajstić information content (AvgIpc) is 2.90. The van der Waals surface area contributed by atoms with Crippen LogP contribution < -0.4 is 19.1 Å². The number of benzene rings is 4. The third kappa shape index (κ3) is 7.39. The second kappa shape index (κ2) is 11.8. The molecule has 0 radical (unpaired) electrons. The molecule has 0 fully saturated rings. The fraction of sp³-hybridized carbons (Fsp3) is 0.138. The molecule has 0 spiro atoms. The van der Waals surface area contributed by atoms with Crippen LogP contribution >= 0.6 is 0 Å². The molecule has 4 rings (SSSR count). The van der Waals surface area contributed by atoms with Gasteiger partial charge in [0, 0.05) is 5.69 Å². The van der Waals surface area contributed by atoms with Gasteiger partial charge in [-0.2, -0.15) is 0 Å². The van der Waals surface area contributed by atoms with Gasteiger partial charge in [0.2, 0.25) is 15.9 Å². The lowest BCUT2D eigenvalue weighted by molar-refractivity contribution is -0.114. The van der Waals surface area contributed by atoms with E-state index in [0.717, 1.165) is 21.7 Å². The summed E-state index contributed by atoms with van der Waals surface area (Å²) in [4.78, 5) is 12.8. The number of amides is 1. The third-order valence-electron chi connectivity index (χ3n) is 5.88. The number of ether oxygens (including phenoxy) is 1. The number of carbonyl (C=O) groups is 1. The topological polar surface area (TPSA) is 122 Å². The predicted molar refractivity (Wildman–Crippen MR) is 157 cm³/mol. The van der Waals surface area contributed by atoms with Crippen LogP contribution in [0.1, 0.15) is 11.1 Å². The fourth-order valence-electron chi connectivity index (χ4n) is 3.80. The Hall–Kier alpha value is -4.35. The van der Waals surface area contributed by atoms with Crippen LogP contribution in [-0.4, -0.2) is 35.5 Å². The Labute approximate surface area is 234 Å². The molecule has 0 aliphatic carbocycles. The molecular formula is C29H29N3O6S2. The molecule has 0 aliphatic rings. The number of hydrogen-bond donors (Lipinski definition) is 2. The van der Waals surface area contributed by atoms with E-state index in [1.54, 1.807) is 42.5 Å². The maximum atomic E-state index is 12.9. The summed E-state index contributed by atoms with van der Waals surface area (Å²) in [6, 6.07) is 26.5. The number of aryl methyl sites for hydroxylation is 2. The van der Waals surface area contributed by atoms with E-state index in [1.807, 2.05) is 44.2 Å². The SMILES string of the molecule is Cc1ccc(C)c(NS(=O)(=O)c2ccc(NC(=O)CN(c3ccc(Oc4ccccc4)cc3)S(C)(=O)=O)cc2)c1. The predicted octanol–water partition coefficient (Wildman–Crippen LogP) is 5.30. The molecule has 4 aromatic carbocycles. The first kappa shape index (κ1) is 28.7. The quantitative estimate of drug-likeness (QED) is 0.263. The van der Waals surface area contributed by atoms with Gasteiger partial charge >= 0.3 is 0 Å². The Morgan fingerprint density at radius 3 is 2.05 bits per heavy atom. The smallest absolute Gasteiger partial charge is 0.261 e. The molecule has 11 heteroatoms. The Kier molecular flexibility index (Phi) is 8.46. The van der Waals surface area contributed by atoms with Crippen molar-refractivity contribution in [3.05, 3.63) is 108 Å². The molecule has 208 valence electrons. The number of sulfonamides is 2. The molecule has 40 heavy (non-hydrogen) atoms. The van der Waals surface area contributed by atoms with E-state index in [9.17, 15) is 21.6 Å². The van der Waals surface area contributed by atoms with Crippen LogP contribution in [0.2, 0.25) is 0 Å². The van der Waals surface area contributed by atoms with Crippen molar-refractivity contribution in [2.24, 2.45) is 0 Å². The summed E-state index contributed by atoms with van der Waals surface area (Å²) >= 11 is 0. The lowest BCUT2D eigenvalue weighted by atomic mass is 10.1. The van der Waals surface area contributed by atoms with E-state index in [0.29, 0.717) is 22.9 Å². The van der Waals surface area contributed by atoms with Crippen molar-refractivity contribution in [3.8, 4) is 11.5 Å². The van der Waals surface area contributed by atoms with Crippen molar-refractivity contribution >= 4 is 43.0 Å². The van der Waals surface area contributed by atoms with Crippen LogP contribution in [0.5, 0.6) is 11.5 Å². The number of nitrogens with one attached hydrogen (secondary N) is 2. The molecule has 2 N–H and O–H groups in total. The Balaban J connectivity index is 1.43. The van der Waals surface area contributed by atoms with Crippen LogP contribution in [0.4, 0.5) is 17.1 Å². The van der Waals surface area contributed by atoms with Crippen LogP contribution in [0, 0.1) is 13.8 Å². The number of hydrogen-bond acceptors (Lipinski definition) is 6. The maximum Gasteiger partial charge on any atom is 0.261 e. The second-order valence-electron chi connectivity index (χ2n) is 9.18. The molecule has 0 unspecified atom stereocenters. The summed E-state index contributed by atoms with van der Waals surface area (Å²) in [6.45, 7) is 3.20. The third-order valence-corrected chi connectivity index (χ3v) is 8.40. The van der Waals surface area contributed by atoms with Crippen molar-refractivity contribution in [1.29, 1.82) is 0 Å². The van der Waals surface area contributed by atoms with Gasteiger partial charge in [0.05, 0.1) is 22.5 Å². The zero-order chi connectivity index (χ0) is 28.9. The van der Waals surface area contributed by atoms with E-state index in [-0.39, 0.29) is 10.6 Å². The number of carbonyl (C=O) groups excluding carboxylic acids is 1. The van der Waals surface area contributed by atoms with Gasteiger partial charge < -0.3 is 10.1 Å². The number of rotatable bonds is 10. The largest absolute Gasteiger partial charge is 0.457 e. The highest BCUT2D eigenvalue weighted by molar-refractivity contribution is 7.92. The van der Waals surface area contributed by atoms with E-state index in [2.05, 4.69) is 10.0 Å². The van der Waals surface area contributed by atoms with Gasteiger partial charge in [-0.15, -0.1) is 0 Å². The minimum absolute atomic E-state index is 0.0157. The minimum Gasteiger partial charge on any atom is -0.457 e. The van der Waals surface area contributed by atoms with E-state index >= 15 is 0 Å². The molecular weight excluding hydrogens is 550 g/mol. The molecule has 0 heterocycles. The van der Waals surface area contributed by atoms with E-state index in [1.165, 1.54) is 24.3 Å². The maximum absolute atomic E-state index is 12.9. The molecule has 1 amide bonds. The Morgan fingerprint density at radius 1 is 0.800 bits per heavy atom. The molecule has 0 saturated carbocycles. The monoisotopic (exact) mass is 579 g/mol. The highest BCUT2D eigenvalue weighted by atomic mass is 32.2. The van der Waals surface area contributed by atoms with Gasteiger partial charge in [0.1, 0.15) is 18.0 Å². The van der Waals surface area contributed by atoms with Gasteiger partial charge in [0.15, 0.2) is 0 Å². The fourth-order valence-corrected chi connectivity index (χ4v) is 5.78. The lowest BCUT2D eigenvalue weighted by Crippen LogP contribution is -2.37. The normalized spacial score (nSPS) is 11.5. The highest BCUT2D eigenvalue weighted by Crippen LogP contribution is 2.26. The van der Waals surface area contributed by atoms with Crippen LogP contribution in [0.15, 0.2) is 102 Å². The van der Waals surface area contributed by atoms with Gasteiger partial charge in [-0.05, 0) is 91.7 Å². The van der Waals surface area contributed by atoms with Crippen LogP contribution in [0.3, 0.4) is 0 Å². The summed E-state index contributed by atoms with van der Waals surface area (Å²) in [5.41, 5.74) is 2.79. The van der Waals surface area contributed by atoms with Crippen LogP contribution in [-0.2, 0) is 24.8 Å². The van der Waals surface area contributed by atoms with Gasteiger partial charge in [-0.1, -0.05) is 30.3 Å². The number of para-hydroxylation sites is 1. The Morgan fingerprint density at radius 2 is 1.43 bits per heavy atom. The van der Waals surface area contributed by atoms with Crippen molar-refractivity contribution in [2.45, 2.75) is 18.7 Å². The highest BCUT2D eigenvalue weighted by Gasteiger charge is 2.22. The first-order valence-electron chi connectivity index (χ1n) is 12.2. The summed E-state index contributed by atoms with van der Waals surface area (Å²) in [5.74, 6) is 0.545. The summed E-state index contributed by atoms with van der Waals surface area (Å²) in [7, 11) is -7.65. The van der Waals surface area contributed by atoms with E-state index < -0.39 is 32.5 Å². The number of anilines is 3. The van der Waals surface area contributed by atoms with Gasteiger partial charge in [-0.3, -0.25) is 13.8 Å². The molecule has 0 aromatic heterocycles. The molecule has 9 nitrogen and oxygen atoms in total. The summed E-state index contributed by atoms with van der Waals surface area (Å²) in [5, 5.41) is 2.62. The van der Waals surface area contributed by atoms with Gasteiger partial charge in [0.25, 0.3) is 10.0 Å². The minimum atomic E-state index is -3.86. The standard InChI is InChI=1S/C29H29N3O6S2/c1-21-9-10-22(2)28(19-21)31-40(36,37)27-17-11-23(12-18-27)30-29(33)20-32(39(3,34)35)24-13-15-26(16-14-24)38-25-7-5-4-6-8-25/h4-19,31H,20H2,1-3H3,(H,30,33).